The summed E-state index contributed by atoms with van der Waals surface area (Å²) < 4.78 is 15.7. The third-order valence-electron chi connectivity index (χ3n) is 5.34. The van der Waals surface area contributed by atoms with Gasteiger partial charge in [-0.05, 0) is 0 Å². The molecule has 0 aromatic carbocycles. The molecule has 0 spiro atoms. The van der Waals surface area contributed by atoms with Crippen molar-refractivity contribution in [1.82, 2.24) is 5.32 Å². The standard InChI is InChI=1S/C17H29NO14/c1-5(21)18-9-6(22)2-17(16(28)29,31-14(9)10(24)7(23)3-19)32-15-13(27)12(26)11(25)8(4-20)30-15/h6-15,19-20,22-27H,2-4H2,1H3,(H,18,21)(H,28,29)/t6-,7+,8+,9+,10+,11-,12-,13+,14+,15-,17+/m0/s1. The largest absolute Gasteiger partial charge is 0.477 e. The maximum absolute atomic E-state index is 12.1. The maximum atomic E-state index is 12.1. The van der Waals surface area contributed by atoms with Crippen molar-refractivity contribution >= 4 is 11.9 Å². The first-order chi connectivity index (χ1) is 14.9. The molecule has 2 saturated heterocycles. The number of hydrogen-bond acceptors (Lipinski definition) is 13. The summed E-state index contributed by atoms with van der Waals surface area (Å²) >= 11 is 0. The fraction of sp³-hybridized carbons (Fsp3) is 0.882. The molecule has 15 heteroatoms. The minimum Gasteiger partial charge on any atom is -0.477 e. The van der Waals surface area contributed by atoms with E-state index in [9.17, 15) is 50.4 Å². The van der Waals surface area contributed by atoms with Crippen LogP contribution in [0, 0.1) is 0 Å². The average molecular weight is 471 g/mol. The van der Waals surface area contributed by atoms with Gasteiger partial charge in [0.05, 0.1) is 25.4 Å². The number of aliphatic hydroxyl groups is 8. The number of carboxylic acids is 1. The molecule has 0 unspecified atom stereocenters. The second-order valence-corrected chi connectivity index (χ2v) is 7.69. The molecule has 2 heterocycles. The van der Waals surface area contributed by atoms with Crippen LogP contribution in [0.5, 0.6) is 0 Å². The number of aliphatic carboxylic acids is 1. The topological polar surface area (TPSA) is 256 Å². The molecular weight excluding hydrogens is 442 g/mol. The van der Waals surface area contributed by atoms with Gasteiger partial charge in [0.15, 0.2) is 6.29 Å². The van der Waals surface area contributed by atoms with Crippen LogP contribution in [-0.4, -0.2) is 138 Å². The molecule has 0 aliphatic carbocycles. The Bertz CT molecular complexity index is 663. The molecule has 0 radical (unpaired) electrons. The smallest absolute Gasteiger partial charge is 0.364 e. The van der Waals surface area contributed by atoms with Crippen molar-refractivity contribution in [3.63, 3.8) is 0 Å². The first kappa shape index (κ1) is 26.7. The van der Waals surface area contributed by atoms with Crippen LogP contribution in [0.4, 0.5) is 0 Å². The Morgan fingerprint density at radius 2 is 1.75 bits per heavy atom. The molecule has 0 bridgehead atoms. The van der Waals surface area contributed by atoms with Gasteiger partial charge in [0.1, 0.15) is 42.7 Å². The number of carboxylic acid groups (broad SMARTS) is 1. The van der Waals surface area contributed by atoms with Crippen molar-refractivity contribution in [2.75, 3.05) is 13.2 Å². The van der Waals surface area contributed by atoms with Crippen molar-refractivity contribution in [2.45, 2.75) is 80.3 Å². The zero-order valence-corrected chi connectivity index (χ0v) is 17.0. The van der Waals surface area contributed by atoms with Gasteiger partial charge in [0.2, 0.25) is 5.91 Å². The van der Waals surface area contributed by atoms with Crippen LogP contribution in [0.25, 0.3) is 0 Å². The third-order valence-corrected chi connectivity index (χ3v) is 5.34. The number of nitrogens with one attached hydrogen (secondary N) is 1. The first-order valence-corrected chi connectivity index (χ1v) is 9.70. The minimum absolute atomic E-state index is 0.689. The molecule has 11 atom stereocenters. The highest BCUT2D eigenvalue weighted by Gasteiger charge is 2.58. The van der Waals surface area contributed by atoms with Gasteiger partial charge in [-0.3, -0.25) is 4.79 Å². The van der Waals surface area contributed by atoms with Gasteiger partial charge >= 0.3 is 5.97 Å². The van der Waals surface area contributed by atoms with E-state index in [4.69, 9.17) is 19.3 Å². The monoisotopic (exact) mass is 471 g/mol. The molecule has 15 nitrogen and oxygen atoms in total. The molecule has 10 N–H and O–H groups in total. The van der Waals surface area contributed by atoms with Crippen LogP contribution in [0.15, 0.2) is 0 Å². The van der Waals surface area contributed by atoms with E-state index >= 15 is 0 Å². The lowest BCUT2D eigenvalue weighted by atomic mass is 9.88. The lowest BCUT2D eigenvalue weighted by Gasteiger charge is -2.49. The predicted molar refractivity (Wildman–Crippen MR) is 97.4 cm³/mol. The van der Waals surface area contributed by atoms with E-state index in [2.05, 4.69) is 5.32 Å². The number of amides is 1. The summed E-state index contributed by atoms with van der Waals surface area (Å²) in [6.07, 6.45) is -17.4. The minimum atomic E-state index is -2.84. The Morgan fingerprint density at radius 1 is 1.12 bits per heavy atom. The Labute approximate surface area is 181 Å². The van der Waals surface area contributed by atoms with Crippen LogP contribution < -0.4 is 5.32 Å². The van der Waals surface area contributed by atoms with Gasteiger partial charge in [-0.2, -0.15) is 0 Å². The molecule has 0 aromatic rings. The predicted octanol–water partition coefficient (Wildman–Crippen LogP) is -6.05. The fourth-order valence-corrected chi connectivity index (χ4v) is 3.60. The highest BCUT2D eigenvalue weighted by atomic mass is 16.8. The summed E-state index contributed by atoms with van der Waals surface area (Å²) in [5.74, 6) is -5.40. The molecule has 186 valence electrons. The average Bonchev–Trinajstić information content (AvgIpc) is 2.74. The third kappa shape index (κ3) is 5.35. The lowest BCUT2D eigenvalue weighted by Crippen LogP contribution is -2.69. The molecule has 32 heavy (non-hydrogen) atoms. The summed E-state index contributed by atoms with van der Waals surface area (Å²) in [5.41, 5.74) is 0. The lowest BCUT2D eigenvalue weighted by molar-refractivity contribution is -0.387. The van der Waals surface area contributed by atoms with Crippen molar-refractivity contribution < 1.29 is 69.8 Å². The van der Waals surface area contributed by atoms with Crippen molar-refractivity contribution in [3.05, 3.63) is 0 Å². The normalized spacial score (nSPS) is 42.2. The number of carbonyl (C=O) groups is 2. The Kier molecular flexibility index (Phi) is 8.88. The molecule has 2 aliphatic rings. The Hall–Kier alpha value is -1.50. The SMILES string of the molecule is CC(=O)N[C@H]1[C@H]([C@H](O)[C@H](O)CO)O[C@](O[C@@H]2O[C@H](CO)[C@H](O)[C@H](O)[C@H]2O)(C(=O)O)C[C@@H]1O. The fourth-order valence-electron chi connectivity index (χ4n) is 3.60. The zero-order valence-electron chi connectivity index (χ0n) is 17.0. The van der Waals surface area contributed by atoms with E-state index in [0.717, 1.165) is 6.92 Å². The highest BCUT2D eigenvalue weighted by Crippen LogP contribution is 2.36. The van der Waals surface area contributed by atoms with Crippen LogP contribution in [-0.2, 0) is 23.8 Å². The van der Waals surface area contributed by atoms with Gasteiger partial charge in [-0.1, -0.05) is 0 Å². The van der Waals surface area contributed by atoms with Crippen LogP contribution in [0.2, 0.25) is 0 Å². The number of rotatable bonds is 8. The van der Waals surface area contributed by atoms with Gasteiger partial charge in [-0.25, -0.2) is 4.79 Å². The molecule has 2 rings (SSSR count). The van der Waals surface area contributed by atoms with E-state index in [1.54, 1.807) is 0 Å². The van der Waals surface area contributed by atoms with E-state index in [0.29, 0.717) is 0 Å². The quantitative estimate of drug-likeness (QED) is 0.158. The van der Waals surface area contributed by atoms with Crippen LogP contribution >= 0.6 is 0 Å². The molecule has 1 amide bonds. The van der Waals surface area contributed by atoms with Crippen molar-refractivity contribution in [2.24, 2.45) is 0 Å². The zero-order chi connectivity index (χ0) is 24.4. The molecular formula is C17H29NO14. The van der Waals surface area contributed by atoms with E-state index in [1.165, 1.54) is 0 Å². The summed E-state index contributed by atoms with van der Waals surface area (Å²) in [7, 11) is 0. The summed E-state index contributed by atoms with van der Waals surface area (Å²) in [4.78, 5) is 23.6. The van der Waals surface area contributed by atoms with Crippen molar-refractivity contribution in [3.8, 4) is 0 Å². The van der Waals surface area contributed by atoms with Gasteiger partial charge in [0.25, 0.3) is 5.79 Å². The van der Waals surface area contributed by atoms with Crippen LogP contribution in [0.1, 0.15) is 13.3 Å². The summed E-state index contributed by atoms with van der Waals surface area (Å²) in [5, 5.41) is 91.0. The number of ether oxygens (including phenoxy) is 3. The van der Waals surface area contributed by atoms with Crippen LogP contribution in [0.3, 0.4) is 0 Å². The second kappa shape index (κ2) is 10.6. The molecule has 2 fully saturated rings. The number of carbonyl (C=O) groups excluding carboxylic acids is 1. The summed E-state index contributed by atoms with van der Waals surface area (Å²) in [6.45, 7) is -0.733. The number of hydrogen-bond donors (Lipinski definition) is 10. The first-order valence-electron chi connectivity index (χ1n) is 9.70. The van der Waals surface area contributed by atoms with E-state index in [-0.39, 0.29) is 0 Å². The van der Waals surface area contributed by atoms with Gasteiger partial charge < -0.3 is 65.5 Å². The molecule has 0 saturated carbocycles. The Morgan fingerprint density at radius 3 is 2.25 bits per heavy atom. The molecule has 2 aliphatic heterocycles. The number of aliphatic hydroxyl groups excluding tert-OH is 8. The molecule has 0 aromatic heterocycles. The Balaban J connectivity index is 2.39. The summed E-state index contributed by atoms with van der Waals surface area (Å²) in [6, 6.07) is -1.44. The maximum Gasteiger partial charge on any atom is 0.364 e. The highest BCUT2D eigenvalue weighted by molar-refractivity contribution is 5.76. The van der Waals surface area contributed by atoms with E-state index in [1.807, 2.05) is 0 Å². The van der Waals surface area contributed by atoms with Crippen molar-refractivity contribution in [1.29, 1.82) is 0 Å². The second-order valence-electron chi connectivity index (χ2n) is 7.69. The van der Waals surface area contributed by atoms with Gasteiger partial charge in [-0.15, -0.1) is 0 Å². The van der Waals surface area contributed by atoms with E-state index < -0.39 is 98.5 Å². The van der Waals surface area contributed by atoms with Gasteiger partial charge in [0, 0.05) is 13.3 Å².